The molecule has 162 valence electrons. The second kappa shape index (κ2) is 9.07. The van der Waals surface area contributed by atoms with E-state index in [1.54, 1.807) is 19.2 Å². The molecule has 2 aromatic rings. The molecular weight excluding hydrogens is 398 g/mol. The van der Waals surface area contributed by atoms with Crippen molar-refractivity contribution in [1.29, 1.82) is 0 Å². The third kappa shape index (κ3) is 4.47. The number of rotatable bonds is 7. The van der Waals surface area contributed by atoms with E-state index in [0.29, 0.717) is 24.2 Å². The summed E-state index contributed by atoms with van der Waals surface area (Å²) in [5.41, 5.74) is 2.78. The van der Waals surface area contributed by atoms with Crippen molar-refractivity contribution in [3.05, 3.63) is 53.6 Å². The lowest BCUT2D eigenvalue weighted by Crippen LogP contribution is -2.43. The Bertz CT molecular complexity index is 1010. The largest absolute Gasteiger partial charge is 0.496 e. The SMILES string of the molecule is COc1ccccc1CCNC(=O)COC(=O)c1ccc2c(c1)NC(=O)[C@@H]1CCCN21. The molecule has 4 rings (SSSR count). The topological polar surface area (TPSA) is 97.0 Å². The highest BCUT2D eigenvalue weighted by molar-refractivity contribution is 6.05. The van der Waals surface area contributed by atoms with Crippen LogP contribution in [0.3, 0.4) is 0 Å². The van der Waals surface area contributed by atoms with Gasteiger partial charge in [-0.05, 0) is 49.1 Å². The number of amides is 2. The number of anilines is 2. The Morgan fingerprint density at radius 3 is 2.90 bits per heavy atom. The molecular formula is C23H25N3O5. The first kappa shape index (κ1) is 20.7. The normalized spacial score (nSPS) is 16.7. The maximum absolute atomic E-state index is 12.4. The molecule has 0 unspecified atom stereocenters. The minimum absolute atomic E-state index is 0.0510. The van der Waals surface area contributed by atoms with Crippen LogP contribution in [0.2, 0.25) is 0 Å². The molecule has 0 radical (unpaired) electrons. The van der Waals surface area contributed by atoms with Crippen molar-refractivity contribution in [2.24, 2.45) is 0 Å². The number of methoxy groups -OCH3 is 1. The number of benzene rings is 2. The highest BCUT2D eigenvalue weighted by Crippen LogP contribution is 2.37. The Morgan fingerprint density at radius 1 is 1.23 bits per heavy atom. The van der Waals surface area contributed by atoms with Gasteiger partial charge in [0.05, 0.1) is 24.0 Å². The fourth-order valence-electron chi connectivity index (χ4n) is 4.07. The lowest BCUT2D eigenvalue weighted by Gasteiger charge is -2.33. The number of para-hydroxylation sites is 1. The summed E-state index contributed by atoms with van der Waals surface area (Å²) >= 11 is 0. The minimum atomic E-state index is -0.611. The van der Waals surface area contributed by atoms with Gasteiger partial charge in [-0.25, -0.2) is 4.79 Å². The summed E-state index contributed by atoms with van der Waals surface area (Å²) in [6.45, 7) is 0.852. The van der Waals surface area contributed by atoms with Gasteiger partial charge in [-0.3, -0.25) is 9.59 Å². The van der Waals surface area contributed by atoms with Crippen LogP contribution in [-0.2, 0) is 20.7 Å². The minimum Gasteiger partial charge on any atom is -0.496 e. The molecule has 31 heavy (non-hydrogen) atoms. The zero-order chi connectivity index (χ0) is 21.8. The van der Waals surface area contributed by atoms with E-state index < -0.39 is 5.97 Å². The molecule has 8 nitrogen and oxygen atoms in total. The molecule has 1 fully saturated rings. The van der Waals surface area contributed by atoms with E-state index in [1.165, 1.54) is 0 Å². The average Bonchev–Trinajstić information content (AvgIpc) is 3.28. The fourth-order valence-corrected chi connectivity index (χ4v) is 4.07. The van der Waals surface area contributed by atoms with E-state index in [9.17, 15) is 14.4 Å². The molecule has 0 bridgehead atoms. The molecule has 2 aromatic carbocycles. The van der Waals surface area contributed by atoms with Gasteiger partial charge < -0.3 is 25.0 Å². The molecule has 0 aliphatic carbocycles. The van der Waals surface area contributed by atoms with E-state index >= 15 is 0 Å². The summed E-state index contributed by atoms with van der Waals surface area (Å²) in [6, 6.07) is 12.5. The first-order valence-corrected chi connectivity index (χ1v) is 10.3. The van der Waals surface area contributed by atoms with Crippen LogP contribution in [0, 0.1) is 0 Å². The van der Waals surface area contributed by atoms with E-state index in [-0.39, 0.29) is 24.5 Å². The Balaban J connectivity index is 1.28. The number of carbonyl (C=O) groups excluding carboxylic acids is 3. The lowest BCUT2D eigenvalue weighted by atomic mass is 10.1. The maximum atomic E-state index is 12.4. The second-order valence-electron chi connectivity index (χ2n) is 7.56. The van der Waals surface area contributed by atoms with Crippen LogP contribution in [0.4, 0.5) is 11.4 Å². The van der Waals surface area contributed by atoms with Crippen molar-refractivity contribution < 1.29 is 23.9 Å². The van der Waals surface area contributed by atoms with Gasteiger partial charge in [0.2, 0.25) is 5.91 Å². The number of esters is 1. The van der Waals surface area contributed by atoms with Gasteiger partial charge in [-0.2, -0.15) is 0 Å². The summed E-state index contributed by atoms with van der Waals surface area (Å²) in [7, 11) is 1.60. The van der Waals surface area contributed by atoms with Gasteiger partial charge in [0.15, 0.2) is 6.61 Å². The number of nitrogens with one attached hydrogen (secondary N) is 2. The van der Waals surface area contributed by atoms with Gasteiger partial charge >= 0.3 is 5.97 Å². The van der Waals surface area contributed by atoms with Gasteiger partial charge in [-0.1, -0.05) is 18.2 Å². The molecule has 0 aromatic heterocycles. The van der Waals surface area contributed by atoms with Crippen molar-refractivity contribution in [1.82, 2.24) is 5.32 Å². The maximum Gasteiger partial charge on any atom is 0.338 e. The summed E-state index contributed by atoms with van der Waals surface area (Å²) in [6.07, 6.45) is 2.40. The third-order valence-electron chi connectivity index (χ3n) is 5.60. The van der Waals surface area contributed by atoms with Crippen LogP contribution in [0.25, 0.3) is 0 Å². The van der Waals surface area contributed by atoms with Crippen LogP contribution in [0.15, 0.2) is 42.5 Å². The smallest absolute Gasteiger partial charge is 0.338 e. The lowest BCUT2D eigenvalue weighted by molar-refractivity contribution is -0.124. The molecule has 2 heterocycles. The van der Waals surface area contributed by atoms with Crippen molar-refractivity contribution in [3.63, 3.8) is 0 Å². The van der Waals surface area contributed by atoms with Gasteiger partial charge in [0.1, 0.15) is 11.8 Å². The van der Waals surface area contributed by atoms with Crippen molar-refractivity contribution in [2.75, 3.05) is 37.0 Å². The van der Waals surface area contributed by atoms with Crippen LogP contribution >= 0.6 is 0 Å². The fraction of sp³-hybridized carbons (Fsp3) is 0.348. The molecule has 0 spiro atoms. The van der Waals surface area contributed by atoms with Crippen LogP contribution in [0.1, 0.15) is 28.8 Å². The Hall–Kier alpha value is -3.55. The Morgan fingerprint density at radius 2 is 2.06 bits per heavy atom. The monoisotopic (exact) mass is 423 g/mol. The Kier molecular flexibility index (Phi) is 6.06. The summed E-state index contributed by atoms with van der Waals surface area (Å²) in [5.74, 6) is -0.275. The molecule has 8 heteroatoms. The third-order valence-corrected chi connectivity index (χ3v) is 5.60. The number of nitrogens with zero attached hydrogens (tertiary/aromatic N) is 1. The molecule has 0 saturated carbocycles. The number of hydrogen-bond acceptors (Lipinski definition) is 6. The zero-order valence-corrected chi connectivity index (χ0v) is 17.3. The standard InChI is InChI=1S/C23H25N3O5/c1-30-20-7-3-2-5-15(20)10-11-24-21(27)14-31-23(29)16-8-9-18-17(13-16)25-22(28)19-6-4-12-26(18)19/h2-3,5,7-9,13,19H,4,6,10-12,14H2,1H3,(H,24,27)(H,25,28)/t19-/m0/s1. The van der Waals surface area contributed by atoms with Crippen LogP contribution < -0.4 is 20.3 Å². The molecule has 2 aliphatic heterocycles. The van der Waals surface area contributed by atoms with E-state index in [2.05, 4.69) is 15.5 Å². The van der Waals surface area contributed by atoms with Crippen molar-refractivity contribution in [3.8, 4) is 5.75 Å². The van der Waals surface area contributed by atoms with Crippen molar-refractivity contribution in [2.45, 2.75) is 25.3 Å². The Labute approximate surface area is 180 Å². The van der Waals surface area contributed by atoms with E-state index in [4.69, 9.17) is 9.47 Å². The molecule has 2 amide bonds. The number of ether oxygens (including phenoxy) is 2. The number of carbonyl (C=O) groups is 3. The first-order chi connectivity index (χ1) is 15.1. The molecule has 1 atom stereocenters. The zero-order valence-electron chi connectivity index (χ0n) is 17.3. The van der Waals surface area contributed by atoms with Gasteiger partial charge in [0.25, 0.3) is 5.91 Å². The summed E-state index contributed by atoms with van der Waals surface area (Å²) in [4.78, 5) is 38.7. The highest BCUT2D eigenvalue weighted by atomic mass is 16.5. The molecule has 1 saturated heterocycles. The van der Waals surface area contributed by atoms with Gasteiger partial charge in [-0.15, -0.1) is 0 Å². The van der Waals surface area contributed by atoms with Crippen molar-refractivity contribution >= 4 is 29.2 Å². The second-order valence-corrected chi connectivity index (χ2v) is 7.56. The van der Waals surface area contributed by atoms with E-state index in [0.717, 1.165) is 36.4 Å². The average molecular weight is 423 g/mol. The van der Waals surface area contributed by atoms with Crippen LogP contribution in [0.5, 0.6) is 5.75 Å². The van der Waals surface area contributed by atoms with Gasteiger partial charge in [0, 0.05) is 13.1 Å². The predicted octanol–water partition coefficient (Wildman–Crippen LogP) is 2.13. The van der Waals surface area contributed by atoms with Crippen LogP contribution in [-0.4, -0.2) is 50.6 Å². The number of fused-ring (bicyclic) bond motifs is 3. The summed E-state index contributed by atoms with van der Waals surface area (Å²) in [5, 5.41) is 5.60. The predicted molar refractivity (Wildman–Crippen MR) is 115 cm³/mol. The first-order valence-electron chi connectivity index (χ1n) is 10.3. The highest BCUT2D eigenvalue weighted by Gasteiger charge is 2.36. The number of hydrogen-bond donors (Lipinski definition) is 2. The van der Waals surface area contributed by atoms with E-state index in [1.807, 2.05) is 30.3 Å². The molecule has 2 aliphatic rings. The summed E-state index contributed by atoms with van der Waals surface area (Å²) < 4.78 is 10.4. The molecule has 2 N–H and O–H groups in total. The quantitative estimate of drug-likeness (QED) is 0.663.